The Bertz CT molecular complexity index is 186. The summed E-state index contributed by atoms with van der Waals surface area (Å²) < 4.78 is 0. The van der Waals surface area contributed by atoms with Crippen LogP contribution >= 0.6 is 0 Å². The highest BCUT2D eigenvalue weighted by atomic mass is 14.9. The Morgan fingerprint density at radius 1 is 1.07 bits per heavy atom. The third-order valence-corrected chi connectivity index (χ3v) is 4.32. The summed E-state index contributed by atoms with van der Waals surface area (Å²) >= 11 is 0. The van der Waals surface area contributed by atoms with Crippen LogP contribution in [-0.4, -0.2) is 12.6 Å². The van der Waals surface area contributed by atoms with Crippen molar-refractivity contribution in [1.29, 1.82) is 0 Å². The first kappa shape index (κ1) is 11.4. The van der Waals surface area contributed by atoms with E-state index in [-0.39, 0.29) is 0 Å². The van der Waals surface area contributed by atoms with Crippen LogP contribution in [0.3, 0.4) is 0 Å². The van der Waals surface area contributed by atoms with Gasteiger partial charge in [0.25, 0.3) is 0 Å². The Morgan fingerprint density at radius 2 is 1.87 bits per heavy atom. The molecule has 3 atom stereocenters. The van der Waals surface area contributed by atoms with E-state index in [0.29, 0.717) is 0 Å². The van der Waals surface area contributed by atoms with Gasteiger partial charge in [-0.25, -0.2) is 0 Å². The van der Waals surface area contributed by atoms with Crippen molar-refractivity contribution in [2.75, 3.05) is 6.54 Å². The molecule has 2 aliphatic rings. The molecule has 0 aromatic carbocycles. The summed E-state index contributed by atoms with van der Waals surface area (Å²) in [6.07, 6.45) is 10.2. The van der Waals surface area contributed by atoms with E-state index in [2.05, 4.69) is 19.2 Å². The molecule has 0 spiro atoms. The van der Waals surface area contributed by atoms with E-state index >= 15 is 0 Å². The molecule has 2 rings (SSSR count). The van der Waals surface area contributed by atoms with Gasteiger partial charge in [0.2, 0.25) is 0 Å². The van der Waals surface area contributed by atoms with E-state index in [1.807, 2.05) is 0 Å². The molecule has 1 N–H and O–H groups in total. The fraction of sp³-hybridized carbons (Fsp3) is 1.00. The molecule has 2 fully saturated rings. The van der Waals surface area contributed by atoms with Crippen LogP contribution in [0.15, 0.2) is 0 Å². The quantitative estimate of drug-likeness (QED) is 0.682. The molecule has 0 bridgehead atoms. The van der Waals surface area contributed by atoms with Crippen molar-refractivity contribution >= 4 is 0 Å². The monoisotopic (exact) mass is 209 g/mol. The third kappa shape index (κ3) is 3.79. The molecule has 0 saturated heterocycles. The topological polar surface area (TPSA) is 12.0 Å². The van der Waals surface area contributed by atoms with Gasteiger partial charge < -0.3 is 5.32 Å². The summed E-state index contributed by atoms with van der Waals surface area (Å²) in [5.41, 5.74) is 0. The summed E-state index contributed by atoms with van der Waals surface area (Å²) in [4.78, 5) is 0. The highest BCUT2D eigenvalue weighted by Crippen LogP contribution is 2.33. The minimum absolute atomic E-state index is 0.820. The lowest BCUT2D eigenvalue weighted by Gasteiger charge is -2.33. The first-order chi connectivity index (χ1) is 7.25. The summed E-state index contributed by atoms with van der Waals surface area (Å²) in [5.74, 6) is 2.97. The number of rotatable bonds is 5. The van der Waals surface area contributed by atoms with Gasteiger partial charge in [0.05, 0.1) is 0 Å². The summed E-state index contributed by atoms with van der Waals surface area (Å²) in [6.45, 7) is 6.09. The minimum atomic E-state index is 0.820. The zero-order valence-electron chi connectivity index (χ0n) is 10.5. The first-order valence-corrected chi connectivity index (χ1v) is 6.99. The van der Waals surface area contributed by atoms with E-state index in [1.165, 1.54) is 51.5 Å². The van der Waals surface area contributed by atoms with Crippen LogP contribution in [0.2, 0.25) is 0 Å². The lowest BCUT2D eigenvalue weighted by Crippen LogP contribution is -2.39. The summed E-state index contributed by atoms with van der Waals surface area (Å²) in [5, 5.41) is 3.78. The zero-order valence-corrected chi connectivity index (χ0v) is 10.5. The Balaban J connectivity index is 1.56. The predicted molar refractivity (Wildman–Crippen MR) is 65.9 cm³/mol. The van der Waals surface area contributed by atoms with E-state index in [1.54, 1.807) is 0 Å². The number of nitrogens with one attached hydrogen (secondary N) is 1. The van der Waals surface area contributed by atoms with Crippen LogP contribution < -0.4 is 5.32 Å². The Hall–Kier alpha value is -0.0400. The van der Waals surface area contributed by atoms with Gasteiger partial charge in [0.1, 0.15) is 0 Å². The standard InChI is InChI=1S/C14H27N/c1-11-5-8-14(12(2)10-11)15-9-3-4-13-6-7-13/h11-15H,3-10H2,1-2H3. The van der Waals surface area contributed by atoms with E-state index in [0.717, 1.165) is 23.8 Å². The maximum absolute atomic E-state index is 3.78. The molecule has 1 nitrogen and oxygen atoms in total. The Labute approximate surface area is 95.0 Å². The molecule has 15 heavy (non-hydrogen) atoms. The molecule has 1 heteroatoms. The van der Waals surface area contributed by atoms with Crippen LogP contribution in [-0.2, 0) is 0 Å². The fourth-order valence-corrected chi connectivity index (χ4v) is 3.05. The van der Waals surface area contributed by atoms with Crippen LogP contribution in [0.4, 0.5) is 0 Å². The highest BCUT2D eigenvalue weighted by molar-refractivity contribution is 4.81. The first-order valence-electron chi connectivity index (χ1n) is 6.99. The Morgan fingerprint density at radius 3 is 2.53 bits per heavy atom. The van der Waals surface area contributed by atoms with Gasteiger partial charge >= 0.3 is 0 Å². The van der Waals surface area contributed by atoms with Gasteiger partial charge in [-0.2, -0.15) is 0 Å². The molecule has 0 radical (unpaired) electrons. The van der Waals surface area contributed by atoms with Gasteiger partial charge in [0.15, 0.2) is 0 Å². The van der Waals surface area contributed by atoms with Crippen LogP contribution in [0.5, 0.6) is 0 Å². The summed E-state index contributed by atoms with van der Waals surface area (Å²) in [7, 11) is 0. The predicted octanol–water partition coefficient (Wildman–Crippen LogP) is 3.59. The second-order valence-electron chi connectivity index (χ2n) is 6.04. The Kier molecular flexibility index (Phi) is 4.07. The normalized spacial score (nSPS) is 36.8. The van der Waals surface area contributed by atoms with Crippen molar-refractivity contribution in [2.24, 2.45) is 17.8 Å². The van der Waals surface area contributed by atoms with Crippen molar-refractivity contribution in [1.82, 2.24) is 5.32 Å². The van der Waals surface area contributed by atoms with E-state index in [4.69, 9.17) is 0 Å². The highest BCUT2D eigenvalue weighted by Gasteiger charge is 2.25. The van der Waals surface area contributed by atoms with Crippen molar-refractivity contribution in [3.63, 3.8) is 0 Å². The van der Waals surface area contributed by atoms with Gasteiger partial charge in [0, 0.05) is 6.04 Å². The minimum Gasteiger partial charge on any atom is -0.314 e. The molecular formula is C14H27N. The molecule has 0 aliphatic heterocycles. The number of hydrogen-bond donors (Lipinski definition) is 1. The van der Waals surface area contributed by atoms with E-state index in [9.17, 15) is 0 Å². The SMILES string of the molecule is CC1CCC(NCCCC2CC2)C(C)C1. The van der Waals surface area contributed by atoms with Gasteiger partial charge in [-0.3, -0.25) is 0 Å². The lowest BCUT2D eigenvalue weighted by atomic mass is 9.80. The van der Waals surface area contributed by atoms with E-state index < -0.39 is 0 Å². The van der Waals surface area contributed by atoms with Crippen molar-refractivity contribution in [3.8, 4) is 0 Å². The molecule has 2 aliphatic carbocycles. The second kappa shape index (κ2) is 5.34. The maximum atomic E-state index is 3.78. The second-order valence-corrected chi connectivity index (χ2v) is 6.04. The van der Waals surface area contributed by atoms with Crippen molar-refractivity contribution in [3.05, 3.63) is 0 Å². The average Bonchev–Trinajstić information content (AvgIpc) is 2.99. The van der Waals surface area contributed by atoms with Crippen LogP contribution in [0.1, 0.15) is 58.8 Å². The smallest absolute Gasteiger partial charge is 0.00928 e. The van der Waals surface area contributed by atoms with Crippen LogP contribution in [0.25, 0.3) is 0 Å². The molecular weight excluding hydrogens is 182 g/mol. The maximum Gasteiger partial charge on any atom is 0.00928 e. The largest absolute Gasteiger partial charge is 0.314 e. The van der Waals surface area contributed by atoms with Crippen molar-refractivity contribution < 1.29 is 0 Å². The van der Waals surface area contributed by atoms with Gasteiger partial charge in [-0.15, -0.1) is 0 Å². The van der Waals surface area contributed by atoms with Gasteiger partial charge in [-0.1, -0.05) is 26.7 Å². The fourth-order valence-electron chi connectivity index (χ4n) is 3.05. The average molecular weight is 209 g/mol. The number of hydrogen-bond acceptors (Lipinski definition) is 1. The third-order valence-electron chi connectivity index (χ3n) is 4.32. The molecule has 88 valence electrons. The molecule has 3 unspecified atom stereocenters. The lowest BCUT2D eigenvalue weighted by molar-refractivity contribution is 0.227. The molecule has 0 aromatic heterocycles. The van der Waals surface area contributed by atoms with Crippen LogP contribution in [0, 0.1) is 17.8 Å². The molecule has 2 saturated carbocycles. The zero-order chi connectivity index (χ0) is 10.7. The van der Waals surface area contributed by atoms with Gasteiger partial charge in [-0.05, 0) is 56.4 Å². The molecule has 0 amide bonds. The summed E-state index contributed by atoms with van der Waals surface area (Å²) in [6, 6.07) is 0.820. The molecule has 0 heterocycles. The molecule has 0 aromatic rings. The van der Waals surface area contributed by atoms with Crippen molar-refractivity contribution in [2.45, 2.75) is 64.8 Å².